The van der Waals surface area contributed by atoms with Crippen molar-refractivity contribution in [2.75, 3.05) is 0 Å². The number of aromatic hydroxyl groups is 1. The molecule has 1 rings (SSSR count). The van der Waals surface area contributed by atoms with Gasteiger partial charge in [0.2, 0.25) is 0 Å². The highest BCUT2D eigenvalue weighted by Gasteiger charge is 2.33. The highest BCUT2D eigenvalue weighted by molar-refractivity contribution is 14.1. The third-order valence-electron chi connectivity index (χ3n) is 1.34. The van der Waals surface area contributed by atoms with Crippen molar-refractivity contribution in [2.45, 2.75) is 13.3 Å². The molecule has 0 unspecified atom stereocenters. The van der Waals surface area contributed by atoms with E-state index in [1.165, 1.54) is 6.20 Å². The molecule has 1 heterocycles. The molecule has 0 saturated carbocycles. The SMILES string of the molecule is Cc1cnc(OC(F)(F)F)c(O)c1I. The molecule has 7 heteroatoms. The van der Waals surface area contributed by atoms with Crippen LogP contribution in [0.2, 0.25) is 0 Å². The summed E-state index contributed by atoms with van der Waals surface area (Å²) in [6.45, 7) is 1.62. The number of ether oxygens (including phenoxy) is 1. The standard InChI is InChI=1S/C7H5F3INO2/c1-3-2-12-6(5(13)4(3)11)14-7(8,9)10/h2,13H,1H3. The third-order valence-corrected chi connectivity index (χ3v) is 2.71. The minimum absolute atomic E-state index is 0.289. The minimum atomic E-state index is -4.84. The molecule has 78 valence electrons. The summed E-state index contributed by atoms with van der Waals surface area (Å²) in [5.74, 6) is -1.42. The number of pyridine rings is 1. The summed E-state index contributed by atoms with van der Waals surface area (Å²) in [6, 6.07) is 0. The van der Waals surface area contributed by atoms with Crippen LogP contribution in [0.4, 0.5) is 13.2 Å². The summed E-state index contributed by atoms with van der Waals surface area (Å²) >= 11 is 1.71. The fourth-order valence-corrected chi connectivity index (χ4v) is 1.11. The Morgan fingerprint density at radius 2 is 2.07 bits per heavy atom. The van der Waals surface area contributed by atoms with Gasteiger partial charge >= 0.3 is 6.36 Å². The maximum atomic E-state index is 11.8. The molecule has 0 aliphatic rings. The van der Waals surface area contributed by atoms with Gasteiger partial charge in [-0.25, -0.2) is 4.98 Å². The van der Waals surface area contributed by atoms with Crippen LogP contribution in [0.3, 0.4) is 0 Å². The van der Waals surface area contributed by atoms with Crippen LogP contribution in [0.1, 0.15) is 5.56 Å². The van der Waals surface area contributed by atoms with Crippen LogP contribution < -0.4 is 4.74 Å². The van der Waals surface area contributed by atoms with E-state index in [2.05, 4.69) is 9.72 Å². The van der Waals surface area contributed by atoms with Crippen LogP contribution in [0.25, 0.3) is 0 Å². The first-order valence-corrected chi connectivity index (χ1v) is 4.49. The Kier molecular flexibility index (Phi) is 3.07. The summed E-state index contributed by atoms with van der Waals surface area (Å²) in [5.41, 5.74) is 0.581. The first kappa shape index (κ1) is 11.3. The molecular formula is C7H5F3INO2. The van der Waals surface area contributed by atoms with Crippen LogP contribution in [-0.2, 0) is 0 Å². The van der Waals surface area contributed by atoms with E-state index in [9.17, 15) is 18.3 Å². The minimum Gasteiger partial charge on any atom is -0.502 e. The van der Waals surface area contributed by atoms with Gasteiger partial charge in [0.1, 0.15) is 0 Å². The van der Waals surface area contributed by atoms with E-state index in [0.717, 1.165) is 0 Å². The van der Waals surface area contributed by atoms with Gasteiger partial charge in [-0.05, 0) is 35.1 Å². The fourth-order valence-electron chi connectivity index (χ4n) is 0.738. The summed E-state index contributed by atoms with van der Waals surface area (Å²) in [4.78, 5) is 3.33. The zero-order valence-electron chi connectivity index (χ0n) is 6.89. The Balaban J connectivity index is 3.06. The van der Waals surface area contributed by atoms with Crippen LogP contribution in [-0.4, -0.2) is 16.5 Å². The molecule has 0 radical (unpaired) electrons. The lowest BCUT2D eigenvalue weighted by Gasteiger charge is -2.10. The highest BCUT2D eigenvalue weighted by Crippen LogP contribution is 2.33. The number of nitrogens with zero attached hydrogens (tertiary/aromatic N) is 1. The van der Waals surface area contributed by atoms with E-state index in [0.29, 0.717) is 5.56 Å². The lowest BCUT2D eigenvalue weighted by molar-refractivity contribution is -0.276. The maximum absolute atomic E-state index is 11.8. The van der Waals surface area contributed by atoms with Crippen molar-refractivity contribution in [1.82, 2.24) is 4.98 Å². The number of aryl methyl sites for hydroxylation is 1. The van der Waals surface area contributed by atoms with Crippen LogP contribution in [0.15, 0.2) is 6.20 Å². The number of halogens is 4. The summed E-state index contributed by atoms with van der Waals surface area (Å²) in [6.07, 6.45) is -3.65. The van der Waals surface area contributed by atoms with Gasteiger partial charge in [-0.2, -0.15) is 0 Å². The van der Waals surface area contributed by atoms with E-state index < -0.39 is 18.0 Å². The van der Waals surface area contributed by atoms with E-state index in [-0.39, 0.29) is 3.57 Å². The fraction of sp³-hybridized carbons (Fsp3) is 0.286. The van der Waals surface area contributed by atoms with Crippen LogP contribution >= 0.6 is 22.6 Å². The molecule has 0 spiro atoms. The zero-order valence-corrected chi connectivity index (χ0v) is 9.05. The molecule has 14 heavy (non-hydrogen) atoms. The van der Waals surface area contributed by atoms with Crippen molar-refractivity contribution in [3.05, 3.63) is 15.3 Å². The second kappa shape index (κ2) is 3.79. The Morgan fingerprint density at radius 3 is 2.57 bits per heavy atom. The molecule has 1 aromatic heterocycles. The Labute approximate surface area is 91.0 Å². The second-order valence-corrected chi connectivity index (χ2v) is 3.54. The van der Waals surface area contributed by atoms with Gasteiger partial charge in [-0.15, -0.1) is 13.2 Å². The quantitative estimate of drug-likeness (QED) is 0.809. The van der Waals surface area contributed by atoms with Gasteiger partial charge in [-0.3, -0.25) is 0 Å². The topological polar surface area (TPSA) is 42.4 Å². The molecular weight excluding hydrogens is 314 g/mol. The predicted molar refractivity (Wildman–Crippen MR) is 50.0 cm³/mol. The van der Waals surface area contributed by atoms with Crippen molar-refractivity contribution >= 4 is 22.6 Å². The first-order chi connectivity index (χ1) is 6.31. The first-order valence-electron chi connectivity index (χ1n) is 3.41. The summed E-state index contributed by atoms with van der Waals surface area (Å²) in [7, 11) is 0. The maximum Gasteiger partial charge on any atom is 0.574 e. The van der Waals surface area contributed by atoms with Crippen molar-refractivity contribution in [2.24, 2.45) is 0 Å². The van der Waals surface area contributed by atoms with Crippen LogP contribution in [0.5, 0.6) is 11.6 Å². The smallest absolute Gasteiger partial charge is 0.502 e. The van der Waals surface area contributed by atoms with Crippen molar-refractivity contribution in [1.29, 1.82) is 0 Å². The van der Waals surface area contributed by atoms with Crippen molar-refractivity contribution in [3.8, 4) is 11.6 Å². The van der Waals surface area contributed by atoms with E-state index in [1.54, 1.807) is 29.5 Å². The monoisotopic (exact) mass is 319 g/mol. The predicted octanol–water partition coefficient (Wildman–Crippen LogP) is 2.60. The molecule has 1 aromatic rings. The molecule has 0 atom stereocenters. The van der Waals surface area contributed by atoms with Gasteiger partial charge in [0.15, 0.2) is 5.75 Å². The van der Waals surface area contributed by atoms with Crippen molar-refractivity contribution in [3.63, 3.8) is 0 Å². The Hall–Kier alpha value is -0.730. The zero-order chi connectivity index (χ0) is 10.9. The molecule has 0 bridgehead atoms. The average molecular weight is 319 g/mol. The number of hydrogen-bond acceptors (Lipinski definition) is 3. The van der Waals surface area contributed by atoms with Gasteiger partial charge in [-0.1, -0.05) is 0 Å². The normalized spacial score (nSPS) is 11.5. The number of rotatable bonds is 1. The number of hydrogen-bond donors (Lipinski definition) is 1. The molecule has 0 fully saturated rings. The molecule has 3 nitrogen and oxygen atoms in total. The van der Waals surface area contributed by atoms with Gasteiger partial charge < -0.3 is 9.84 Å². The molecule has 0 aromatic carbocycles. The van der Waals surface area contributed by atoms with E-state index in [4.69, 9.17) is 0 Å². The Morgan fingerprint density at radius 1 is 1.50 bits per heavy atom. The largest absolute Gasteiger partial charge is 0.574 e. The second-order valence-electron chi connectivity index (χ2n) is 2.46. The molecule has 0 saturated heterocycles. The lowest BCUT2D eigenvalue weighted by atomic mass is 10.3. The van der Waals surface area contributed by atoms with Gasteiger partial charge in [0, 0.05) is 6.20 Å². The molecule has 1 N–H and O–H groups in total. The lowest BCUT2D eigenvalue weighted by Crippen LogP contribution is -2.18. The molecule has 0 aliphatic carbocycles. The summed E-state index contributed by atoms with van der Waals surface area (Å²) in [5, 5.41) is 9.25. The van der Waals surface area contributed by atoms with Crippen LogP contribution in [0, 0.1) is 10.5 Å². The summed E-state index contributed by atoms with van der Waals surface area (Å²) < 4.78 is 39.1. The highest BCUT2D eigenvalue weighted by atomic mass is 127. The number of alkyl halides is 3. The molecule has 0 aliphatic heterocycles. The third kappa shape index (κ3) is 2.63. The average Bonchev–Trinajstić information content (AvgIpc) is 2.04. The molecule has 0 amide bonds. The Bertz CT molecular complexity index is 354. The van der Waals surface area contributed by atoms with E-state index >= 15 is 0 Å². The van der Waals surface area contributed by atoms with E-state index in [1.807, 2.05) is 0 Å². The van der Waals surface area contributed by atoms with Gasteiger partial charge in [0.25, 0.3) is 5.88 Å². The number of aromatic nitrogens is 1. The van der Waals surface area contributed by atoms with Crippen molar-refractivity contribution < 1.29 is 23.0 Å². The van der Waals surface area contributed by atoms with Gasteiger partial charge in [0.05, 0.1) is 3.57 Å².